The van der Waals surface area contributed by atoms with Gasteiger partial charge in [-0.1, -0.05) is 0 Å². The summed E-state index contributed by atoms with van der Waals surface area (Å²) in [4.78, 5) is 37.8. The molecule has 0 saturated heterocycles. The maximum atomic E-state index is 9.45. The SMILES string of the molecule is NC(=O)C(N)=O.NC(=O)C(N)=O. The molecule has 0 aromatic carbocycles. The summed E-state index contributed by atoms with van der Waals surface area (Å²) in [5.41, 5.74) is 17.3. The summed E-state index contributed by atoms with van der Waals surface area (Å²) in [6.45, 7) is 0. The van der Waals surface area contributed by atoms with Crippen molar-refractivity contribution >= 4 is 23.6 Å². The molecule has 0 aromatic rings. The quantitative estimate of drug-likeness (QED) is 0.275. The lowest BCUT2D eigenvalue weighted by atomic mass is 10.6. The third-order valence-corrected chi connectivity index (χ3v) is 0.486. The van der Waals surface area contributed by atoms with E-state index in [0.717, 1.165) is 0 Å². The molecule has 0 aromatic heterocycles. The fourth-order valence-corrected chi connectivity index (χ4v) is 0. The lowest BCUT2D eigenvalue weighted by Gasteiger charge is -1.75. The van der Waals surface area contributed by atoms with Gasteiger partial charge in [0.1, 0.15) is 0 Å². The highest BCUT2D eigenvalue weighted by molar-refractivity contribution is 6.34. The molecule has 0 atom stereocenters. The Morgan fingerprint density at radius 1 is 0.500 bits per heavy atom. The van der Waals surface area contributed by atoms with Gasteiger partial charge >= 0.3 is 23.6 Å². The van der Waals surface area contributed by atoms with E-state index in [4.69, 9.17) is 0 Å². The largest absolute Gasteiger partial charge is 0.361 e. The first-order valence-corrected chi connectivity index (χ1v) is 2.47. The fraction of sp³-hybridized carbons (Fsp3) is 0. The second-order valence-electron chi connectivity index (χ2n) is 1.46. The van der Waals surface area contributed by atoms with Crippen molar-refractivity contribution in [2.24, 2.45) is 22.9 Å². The lowest BCUT2D eigenvalue weighted by Crippen LogP contribution is -2.29. The monoisotopic (exact) mass is 176 g/mol. The van der Waals surface area contributed by atoms with Crippen molar-refractivity contribution in [1.29, 1.82) is 0 Å². The van der Waals surface area contributed by atoms with E-state index in [1.54, 1.807) is 0 Å². The summed E-state index contributed by atoms with van der Waals surface area (Å²) in [5.74, 6) is -4.41. The van der Waals surface area contributed by atoms with Gasteiger partial charge in [-0.05, 0) is 0 Å². The van der Waals surface area contributed by atoms with E-state index >= 15 is 0 Å². The zero-order valence-electron chi connectivity index (χ0n) is 5.94. The molecule has 0 spiro atoms. The molecular weight excluding hydrogens is 168 g/mol. The van der Waals surface area contributed by atoms with E-state index in [1.165, 1.54) is 0 Å². The van der Waals surface area contributed by atoms with Gasteiger partial charge in [0, 0.05) is 0 Å². The molecule has 0 heterocycles. The average Bonchev–Trinajstić information content (AvgIpc) is 1.88. The van der Waals surface area contributed by atoms with E-state index in [0.29, 0.717) is 0 Å². The van der Waals surface area contributed by atoms with Crippen LogP contribution in [0.4, 0.5) is 0 Å². The summed E-state index contributed by atoms with van der Waals surface area (Å²) in [7, 11) is 0. The third-order valence-electron chi connectivity index (χ3n) is 0.486. The van der Waals surface area contributed by atoms with Crippen molar-refractivity contribution in [3.05, 3.63) is 0 Å². The molecule has 0 bridgehead atoms. The van der Waals surface area contributed by atoms with Crippen molar-refractivity contribution in [1.82, 2.24) is 0 Å². The van der Waals surface area contributed by atoms with Crippen LogP contribution in [0.5, 0.6) is 0 Å². The Kier molecular flexibility index (Phi) is 5.91. The van der Waals surface area contributed by atoms with E-state index in [-0.39, 0.29) is 0 Å². The first-order valence-electron chi connectivity index (χ1n) is 2.47. The van der Waals surface area contributed by atoms with Gasteiger partial charge in [-0.15, -0.1) is 0 Å². The van der Waals surface area contributed by atoms with Gasteiger partial charge < -0.3 is 22.9 Å². The Morgan fingerprint density at radius 2 is 0.583 bits per heavy atom. The average molecular weight is 176 g/mol. The molecule has 8 heteroatoms. The number of carbonyl (C=O) groups is 4. The van der Waals surface area contributed by atoms with Crippen molar-refractivity contribution in [2.45, 2.75) is 0 Å². The highest BCUT2D eigenvalue weighted by Crippen LogP contribution is 1.45. The van der Waals surface area contributed by atoms with E-state index in [1.807, 2.05) is 0 Å². The Hall–Kier alpha value is -2.12. The minimum atomic E-state index is -1.10. The van der Waals surface area contributed by atoms with E-state index in [2.05, 4.69) is 22.9 Å². The Bertz CT molecular complexity index is 175. The van der Waals surface area contributed by atoms with Gasteiger partial charge in [0.2, 0.25) is 0 Å². The van der Waals surface area contributed by atoms with Crippen LogP contribution in [0.3, 0.4) is 0 Å². The second kappa shape index (κ2) is 5.65. The van der Waals surface area contributed by atoms with Gasteiger partial charge in [0.05, 0.1) is 0 Å². The molecule has 8 N–H and O–H groups in total. The van der Waals surface area contributed by atoms with Crippen LogP contribution in [0.1, 0.15) is 0 Å². The van der Waals surface area contributed by atoms with Crippen molar-refractivity contribution in [3.63, 3.8) is 0 Å². The second-order valence-corrected chi connectivity index (χ2v) is 1.46. The van der Waals surface area contributed by atoms with Crippen LogP contribution in [-0.4, -0.2) is 23.6 Å². The Morgan fingerprint density at radius 3 is 0.583 bits per heavy atom. The van der Waals surface area contributed by atoms with Gasteiger partial charge in [-0.3, -0.25) is 19.2 Å². The summed E-state index contributed by atoms with van der Waals surface area (Å²) in [6.07, 6.45) is 0. The molecule has 0 radical (unpaired) electrons. The van der Waals surface area contributed by atoms with Gasteiger partial charge in [0.15, 0.2) is 0 Å². The van der Waals surface area contributed by atoms with E-state index < -0.39 is 23.6 Å². The van der Waals surface area contributed by atoms with Crippen LogP contribution < -0.4 is 22.9 Å². The van der Waals surface area contributed by atoms with Crippen LogP contribution in [0.25, 0.3) is 0 Å². The predicted octanol–water partition coefficient (Wildman–Crippen LogP) is -4.09. The minimum Gasteiger partial charge on any atom is -0.361 e. The van der Waals surface area contributed by atoms with Crippen LogP contribution in [0.15, 0.2) is 0 Å². The lowest BCUT2D eigenvalue weighted by molar-refractivity contribution is -0.135. The number of carbonyl (C=O) groups excluding carboxylic acids is 4. The number of hydrogen-bond donors (Lipinski definition) is 4. The number of amides is 4. The topological polar surface area (TPSA) is 172 Å². The van der Waals surface area contributed by atoms with E-state index in [9.17, 15) is 19.2 Å². The number of primary amides is 4. The first-order chi connectivity index (χ1) is 5.29. The van der Waals surface area contributed by atoms with Gasteiger partial charge in [-0.2, -0.15) is 0 Å². The van der Waals surface area contributed by atoms with Crippen molar-refractivity contribution in [2.75, 3.05) is 0 Å². The molecule has 0 aliphatic carbocycles. The van der Waals surface area contributed by atoms with Crippen LogP contribution in [0.2, 0.25) is 0 Å². The normalized spacial score (nSPS) is 7.33. The molecule has 0 aliphatic rings. The van der Waals surface area contributed by atoms with Crippen molar-refractivity contribution in [3.8, 4) is 0 Å². The molecule has 0 fully saturated rings. The van der Waals surface area contributed by atoms with Crippen LogP contribution in [0, 0.1) is 0 Å². The van der Waals surface area contributed by atoms with Crippen LogP contribution >= 0.6 is 0 Å². The Balaban J connectivity index is 0. The van der Waals surface area contributed by atoms with Gasteiger partial charge in [-0.25, -0.2) is 0 Å². The molecule has 0 unspecified atom stereocenters. The molecule has 0 saturated carbocycles. The predicted molar refractivity (Wildman–Crippen MR) is 36.8 cm³/mol. The molecule has 8 nitrogen and oxygen atoms in total. The fourth-order valence-electron chi connectivity index (χ4n) is 0. The summed E-state index contributed by atoms with van der Waals surface area (Å²) < 4.78 is 0. The van der Waals surface area contributed by atoms with Crippen molar-refractivity contribution < 1.29 is 19.2 Å². The van der Waals surface area contributed by atoms with Gasteiger partial charge in [0.25, 0.3) is 0 Å². The standard InChI is InChI=1S/2C2H4N2O2/c2*3-1(5)2(4)6/h2*(H2,3,5)(H2,4,6). The molecule has 0 aliphatic heterocycles. The zero-order chi connectivity index (χ0) is 10.3. The number of nitrogens with two attached hydrogens (primary N) is 4. The first kappa shape index (κ1) is 12.5. The molecule has 0 rings (SSSR count). The minimum absolute atomic E-state index is 1.10. The Labute approximate surface area is 66.8 Å². The third kappa shape index (κ3) is 10.8. The highest BCUT2D eigenvalue weighted by Gasteiger charge is 1.97. The smallest absolute Gasteiger partial charge is 0.306 e. The summed E-state index contributed by atoms with van der Waals surface area (Å²) in [6, 6.07) is 0. The van der Waals surface area contributed by atoms with Crippen LogP contribution in [-0.2, 0) is 19.2 Å². The summed E-state index contributed by atoms with van der Waals surface area (Å²) >= 11 is 0. The molecular formula is C4H8N4O4. The molecule has 4 amide bonds. The molecule has 12 heavy (non-hydrogen) atoms. The number of hydrogen-bond acceptors (Lipinski definition) is 4. The zero-order valence-corrected chi connectivity index (χ0v) is 5.94. The maximum Gasteiger partial charge on any atom is 0.306 e. The number of rotatable bonds is 0. The maximum absolute atomic E-state index is 9.45. The summed E-state index contributed by atoms with van der Waals surface area (Å²) in [5, 5.41) is 0. The highest BCUT2D eigenvalue weighted by atomic mass is 16.2. The molecule has 68 valence electrons.